The zero-order chi connectivity index (χ0) is 14.6. The van der Waals surface area contributed by atoms with E-state index in [4.69, 9.17) is 4.42 Å². The van der Waals surface area contributed by atoms with E-state index in [2.05, 4.69) is 15.6 Å². The van der Waals surface area contributed by atoms with E-state index in [1.165, 1.54) is 0 Å². The number of carbonyl (C=O) groups is 2. The van der Waals surface area contributed by atoms with Gasteiger partial charge in [-0.3, -0.25) is 4.79 Å². The Labute approximate surface area is 116 Å². The van der Waals surface area contributed by atoms with E-state index in [0.29, 0.717) is 24.5 Å². The number of nitrogens with zero attached hydrogens (tertiary/aromatic N) is 1. The lowest BCUT2D eigenvalue weighted by Gasteiger charge is -2.23. The summed E-state index contributed by atoms with van der Waals surface area (Å²) in [6.45, 7) is 2.10. The Hall–Kier alpha value is -2.05. The van der Waals surface area contributed by atoms with Crippen LogP contribution in [0.3, 0.4) is 0 Å². The molecule has 1 aromatic rings. The normalized spacial score (nSPS) is 16.9. The highest BCUT2D eigenvalue weighted by Gasteiger charge is 2.41. The Balaban J connectivity index is 1.78. The predicted octanol–water partition coefficient (Wildman–Crippen LogP) is 1.43. The number of urea groups is 1. The molecule has 7 nitrogen and oxygen atoms in total. The fourth-order valence-corrected chi connectivity index (χ4v) is 2.47. The molecule has 1 saturated carbocycles. The number of hydrogen-bond acceptors (Lipinski definition) is 4. The van der Waals surface area contributed by atoms with Gasteiger partial charge < -0.3 is 20.2 Å². The summed E-state index contributed by atoms with van der Waals surface area (Å²) in [7, 11) is 0. The first-order valence-corrected chi connectivity index (χ1v) is 6.68. The summed E-state index contributed by atoms with van der Waals surface area (Å²) in [6, 6.07) is -0.409. The molecule has 1 aromatic heterocycles. The standard InChI is InChI=1S/C13H19N3O4/c1-9-6-14-10(20-9)7-15-12(19)16-8-13(11(17)18)4-2-3-5-13/h6H,2-5,7-8H2,1H3,(H,17,18)(H2,15,16,19). The van der Waals surface area contributed by atoms with Crippen LogP contribution in [0.15, 0.2) is 10.6 Å². The monoisotopic (exact) mass is 281 g/mol. The highest BCUT2D eigenvalue weighted by molar-refractivity contribution is 5.78. The van der Waals surface area contributed by atoms with Crippen molar-refractivity contribution >= 4 is 12.0 Å². The Morgan fingerprint density at radius 1 is 1.40 bits per heavy atom. The van der Waals surface area contributed by atoms with Gasteiger partial charge in [0, 0.05) is 6.54 Å². The summed E-state index contributed by atoms with van der Waals surface area (Å²) >= 11 is 0. The Kier molecular flexibility index (Phi) is 4.26. The van der Waals surface area contributed by atoms with Crippen LogP contribution >= 0.6 is 0 Å². The molecule has 20 heavy (non-hydrogen) atoms. The van der Waals surface area contributed by atoms with Gasteiger partial charge in [-0.05, 0) is 19.8 Å². The molecule has 2 amide bonds. The van der Waals surface area contributed by atoms with Gasteiger partial charge in [-0.15, -0.1) is 0 Å². The van der Waals surface area contributed by atoms with E-state index < -0.39 is 17.4 Å². The zero-order valence-electron chi connectivity index (χ0n) is 11.4. The first-order valence-electron chi connectivity index (χ1n) is 6.68. The maximum atomic E-state index is 11.7. The number of carboxylic acid groups (broad SMARTS) is 1. The molecule has 0 unspecified atom stereocenters. The van der Waals surface area contributed by atoms with Gasteiger partial charge in [0.1, 0.15) is 5.76 Å². The van der Waals surface area contributed by atoms with Crippen LogP contribution in [0.5, 0.6) is 0 Å². The summed E-state index contributed by atoms with van der Waals surface area (Å²) in [5, 5.41) is 14.5. The van der Waals surface area contributed by atoms with Gasteiger partial charge in [0.15, 0.2) is 0 Å². The lowest BCUT2D eigenvalue weighted by atomic mass is 9.86. The molecule has 0 radical (unpaired) electrons. The van der Waals surface area contributed by atoms with Crippen LogP contribution < -0.4 is 10.6 Å². The Bertz CT molecular complexity index is 492. The number of aliphatic carboxylic acids is 1. The van der Waals surface area contributed by atoms with Gasteiger partial charge in [-0.2, -0.15) is 0 Å². The first-order chi connectivity index (χ1) is 9.52. The average molecular weight is 281 g/mol. The second kappa shape index (κ2) is 5.94. The van der Waals surface area contributed by atoms with E-state index >= 15 is 0 Å². The fourth-order valence-electron chi connectivity index (χ4n) is 2.47. The number of nitrogens with one attached hydrogen (secondary N) is 2. The van der Waals surface area contributed by atoms with Gasteiger partial charge in [0.05, 0.1) is 18.2 Å². The van der Waals surface area contributed by atoms with Gasteiger partial charge in [0.2, 0.25) is 5.89 Å². The molecular formula is C13H19N3O4. The molecule has 0 atom stereocenters. The number of aryl methyl sites for hydroxylation is 1. The molecule has 1 aliphatic carbocycles. The molecule has 0 bridgehead atoms. The van der Waals surface area contributed by atoms with Gasteiger partial charge >= 0.3 is 12.0 Å². The van der Waals surface area contributed by atoms with Crippen molar-refractivity contribution < 1.29 is 19.1 Å². The Morgan fingerprint density at radius 2 is 2.10 bits per heavy atom. The smallest absolute Gasteiger partial charge is 0.315 e. The minimum atomic E-state index is -0.835. The predicted molar refractivity (Wildman–Crippen MR) is 70.0 cm³/mol. The van der Waals surface area contributed by atoms with Crippen LogP contribution in [0.1, 0.15) is 37.3 Å². The quantitative estimate of drug-likeness (QED) is 0.757. The average Bonchev–Trinajstić information content (AvgIpc) is 3.03. The van der Waals surface area contributed by atoms with E-state index in [9.17, 15) is 14.7 Å². The lowest BCUT2D eigenvalue weighted by Crippen LogP contribution is -2.44. The van der Waals surface area contributed by atoms with Crippen molar-refractivity contribution in [2.24, 2.45) is 5.41 Å². The van der Waals surface area contributed by atoms with Crippen molar-refractivity contribution in [2.45, 2.75) is 39.2 Å². The molecule has 1 fully saturated rings. The summed E-state index contributed by atoms with van der Waals surface area (Å²) in [5.74, 6) is 0.267. The number of hydrogen-bond donors (Lipinski definition) is 3. The SMILES string of the molecule is Cc1cnc(CNC(=O)NCC2(C(=O)O)CCCC2)o1. The van der Waals surface area contributed by atoms with E-state index in [1.807, 2.05) is 0 Å². The largest absolute Gasteiger partial charge is 0.481 e. The number of aromatic nitrogens is 1. The Morgan fingerprint density at radius 3 is 2.65 bits per heavy atom. The number of oxazole rings is 1. The van der Waals surface area contributed by atoms with Crippen LogP contribution in [0.4, 0.5) is 4.79 Å². The molecule has 0 spiro atoms. The molecular weight excluding hydrogens is 262 g/mol. The number of carboxylic acids is 1. The molecule has 0 aromatic carbocycles. The summed E-state index contributed by atoms with van der Waals surface area (Å²) in [6.07, 6.45) is 4.59. The van der Waals surface area contributed by atoms with E-state index in [0.717, 1.165) is 12.8 Å². The zero-order valence-corrected chi connectivity index (χ0v) is 11.4. The highest BCUT2D eigenvalue weighted by atomic mass is 16.4. The highest BCUT2D eigenvalue weighted by Crippen LogP contribution is 2.37. The second-order valence-corrected chi connectivity index (χ2v) is 5.19. The number of amides is 2. The van der Waals surface area contributed by atoms with Crippen LogP contribution in [0.25, 0.3) is 0 Å². The lowest BCUT2D eigenvalue weighted by molar-refractivity contribution is -0.148. The maximum Gasteiger partial charge on any atom is 0.315 e. The number of rotatable bonds is 5. The fraction of sp³-hybridized carbons (Fsp3) is 0.615. The molecule has 2 rings (SSSR count). The van der Waals surface area contributed by atoms with Crippen molar-refractivity contribution in [1.29, 1.82) is 0 Å². The maximum absolute atomic E-state index is 11.7. The van der Waals surface area contributed by atoms with Crippen LogP contribution in [-0.4, -0.2) is 28.6 Å². The summed E-state index contributed by atoms with van der Waals surface area (Å²) in [5.41, 5.74) is -0.809. The van der Waals surface area contributed by atoms with Crippen LogP contribution in [-0.2, 0) is 11.3 Å². The van der Waals surface area contributed by atoms with Crippen molar-refractivity contribution in [1.82, 2.24) is 15.6 Å². The van der Waals surface area contributed by atoms with Crippen molar-refractivity contribution in [3.63, 3.8) is 0 Å². The summed E-state index contributed by atoms with van der Waals surface area (Å²) < 4.78 is 5.22. The first kappa shape index (κ1) is 14.4. The van der Waals surface area contributed by atoms with Gasteiger partial charge in [0.25, 0.3) is 0 Å². The minimum Gasteiger partial charge on any atom is -0.481 e. The molecule has 1 aliphatic rings. The van der Waals surface area contributed by atoms with Gasteiger partial charge in [-0.1, -0.05) is 12.8 Å². The van der Waals surface area contributed by atoms with Crippen LogP contribution in [0, 0.1) is 12.3 Å². The third kappa shape index (κ3) is 3.28. The second-order valence-electron chi connectivity index (χ2n) is 5.19. The van der Waals surface area contributed by atoms with Crippen molar-refractivity contribution in [3.8, 4) is 0 Å². The van der Waals surface area contributed by atoms with Gasteiger partial charge in [-0.25, -0.2) is 9.78 Å². The van der Waals surface area contributed by atoms with E-state index in [1.54, 1.807) is 13.1 Å². The molecule has 3 N–H and O–H groups in total. The topological polar surface area (TPSA) is 104 Å². The molecule has 0 aliphatic heterocycles. The molecule has 7 heteroatoms. The van der Waals surface area contributed by atoms with Crippen molar-refractivity contribution in [2.75, 3.05) is 6.54 Å². The summed E-state index contributed by atoms with van der Waals surface area (Å²) in [4.78, 5) is 26.9. The minimum absolute atomic E-state index is 0.152. The molecule has 1 heterocycles. The third-order valence-electron chi connectivity index (χ3n) is 3.67. The molecule has 110 valence electrons. The van der Waals surface area contributed by atoms with Crippen molar-refractivity contribution in [3.05, 3.63) is 17.8 Å². The van der Waals surface area contributed by atoms with E-state index in [-0.39, 0.29) is 13.1 Å². The number of carbonyl (C=O) groups excluding carboxylic acids is 1. The van der Waals surface area contributed by atoms with Crippen LogP contribution in [0.2, 0.25) is 0 Å². The third-order valence-corrected chi connectivity index (χ3v) is 3.67. The molecule has 0 saturated heterocycles.